The van der Waals surface area contributed by atoms with Crippen LogP contribution in [0, 0.1) is 5.41 Å². The number of hydrogen-bond acceptors (Lipinski definition) is 3. The molecule has 1 aliphatic carbocycles. The fourth-order valence-corrected chi connectivity index (χ4v) is 3.80. The van der Waals surface area contributed by atoms with Crippen LogP contribution in [0.2, 0.25) is 0 Å². The van der Waals surface area contributed by atoms with Gasteiger partial charge in [-0.05, 0) is 38.9 Å². The number of carbonyl (C=O) groups excluding carboxylic acids is 1. The molecule has 2 fully saturated rings. The van der Waals surface area contributed by atoms with Crippen molar-refractivity contribution in [3.05, 3.63) is 0 Å². The van der Waals surface area contributed by atoms with E-state index in [1.165, 1.54) is 0 Å². The molecule has 1 saturated carbocycles. The first kappa shape index (κ1) is 13.2. The molecule has 17 heavy (non-hydrogen) atoms. The lowest BCUT2D eigenvalue weighted by Crippen LogP contribution is -2.51. The van der Waals surface area contributed by atoms with Crippen molar-refractivity contribution in [3.63, 3.8) is 0 Å². The Bertz CT molecular complexity index is 289. The number of likely N-dealkylation sites (tertiary alicyclic amines) is 1. The van der Waals surface area contributed by atoms with Gasteiger partial charge in [0.05, 0.1) is 5.41 Å². The van der Waals surface area contributed by atoms with E-state index >= 15 is 0 Å². The van der Waals surface area contributed by atoms with E-state index in [0.29, 0.717) is 5.91 Å². The Morgan fingerprint density at radius 1 is 1.35 bits per heavy atom. The van der Waals surface area contributed by atoms with Crippen molar-refractivity contribution in [2.75, 3.05) is 19.3 Å². The molecule has 2 N–H and O–H groups in total. The third-order valence-electron chi connectivity index (χ3n) is 4.58. The van der Waals surface area contributed by atoms with Gasteiger partial charge in [0.15, 0.2) is 0 Å². The zero-order valence-corrected chi connectivity index (χ0v) is 11.8. The van der Waals surface area contributed by atoms with Crippen LogP contribution in [0.1, 0.15) is 39.0 Å². The quantitative estimate of drug-likeness (QED) is 0.820. The number of carbonyl (C=O) groups is 1. The van der Waals surface area contributed by atoms with E-state index in [0.717, 1.165) is 50.4 Å². The van der Waals surface area contributed by atoms with Gasteiger partial charge in [-0.25, -0.2) is 0 Å². The minimum absolute atomic E-state index is 0.0632. The van der Waals surface area contributed by atoms with Crippen molar-refractivity contribution in [1.29, 1.82) is 0 Å². The third-order valence-corrected chi connectivity index (χ3v) is 5.72. The predicted molar refractivity (Wildman–Crippen MR) is 73.1 cm³/mol. The summed E-state index contributed by atoms with van der Waals surface area (Å²) < 4.78 is 0. The monoisotopic (exact) mass is 256 g/mol. The number of piperidine rings is 1. The Labute approximate surface area is 108 Å². The maximum atomic E-state index is 12.6. The van der Waals surface area contributed by atoms with Crippen LogP contribution in [0.25, 0.3) is 0 Å². The summed E-state index contributed by atoms with van der Waals surface area (Å²) in [4.78, 5) is 14.6. The molecule has 0 spiro atoms. The fourth-order valence-electron chi connectivity index (χ4n) is 3.11. The van der Waals surface area contributed by atoms with Crippen LogP contribution in [0.4, 0.5) is 0 Å². The minimum atomic E-state index is -0.286. The molecule has 0 aromatic heterocycles. The molecule has 2 aliphatic rings. The van der Waals surface area contributed by atoms with Crippen LogP contribution in [0.3, 0.4) is 0 Å². The molecule has 2 rings (SSSR count). The van der Waals surface area contributed by atoms with E-state index in [1.54, 1.807) is 0 Å². The normalized spacial score (nSPS) is 35.2. The minimum Gasteiger partial charge on any atom is -0.342 e. The summed E-state index contributed by atoms with van der Waals surface area (Å²) in [5, 5.41) is 0.740. The van der Waals surface area contributed by atoms with E-state index in [-0.39, 0.29) is 11.5 Å². The van der Waals surface area contributed by atoms with Gasteiger partial charge >= 0.3 is 0 Å². The second-order valence-electron chi connectivity index (χ2n) is 5.64. The van der Waals surface area contributed by atoms with Gasteiger partial charge in [0.2, 0.25) is 5.91 Å². The Balaban J connectivity index is 1.97. The summed E-state index contributed by atoms with van der Waals surface area (Å²) in [6, 6.07) is 0.0632. The first-order chi connectivity index (χ1) is 8.08. The molecule has 0 radical (unpaired) electrons. The standard InChI is InChI=1S/C13H24N2OS/c1-13(7-3-4-11(13)14)12(16)15-8-5-10(17-2)6-9-15/h10-11H,3-9,14H2,1-2H3. The molecule has 1 heterocycles. The van der Waals surface area contributed by atoms with Crippen LogP contribution in [0.5, 0.6) is 0 Å². The summed E-state index contributed by atoms with van der Waals surface area (Å²) in [5.41, 5.74) is 5.84. The molecule has 4 heteroatoms. The molecule has 1 amide bonds. The molecule has 0 aromatic rings. The van der Waals surface area contributed by atoms with Crippen LogP contribution < -0.4 is 5.73 Å². The van der Waals surface area contributed by atoms with Crippen molar-refractivity contribution in [2.45, 2.75) is 50.3 Å². The Kier molecular flexibility index (Phi) is 4.03. The van der Waals surface area contributed by atoms with E-state index in [1.807, 2.05) is 11.8 Å². The average molecular weight is 256 g/mol. The second-order valence-corrected chi connectivity index (χ2v) is 6.78. The van der Waals surface area contributed by atoms with Gasteiger partial charge in [-0.2, -0.15) is 11.8 Å². The lowest BCUT2D eigenvalue weighted by molar-refractivity contribution is -0.142. The number of nitrogens with zero attached hydrogens (tertiary/aromatic N) is 1. The van der Waals surface area contributed by atoms with Gasteiger partial charge in [-0.3, -0.25) is 4.79 Å². The van der Waals surface area contributed by atoms with Crippen molar-refractivity contribution in [1.82, 2.24) is 4.90 Å². The number of nitrogens with two attached hydrogens (primary N) is 1. The van der Waals surface area contributed by atoms with Crippen molar-refractivity contribution in [2.24, 2.45) is 11.1 Å². The number of hydrogen-bond donors (Lipinski definition) is 1. The van der Waals surface area contributed by atoms with E-state index in [2.05, 4.69) is 18.1 Å². The summed E-state index contributed by atoms with van der Waals surface area (Å²) in [5.74, 6) is 0.307. The molecule has 2 unspecified atom stereocenters. The van der Waals surface area contributed by atoms with Crippen LogP contribution in [-0.4, -0.2) is 41.4 Å². The maximum absolute atomic E-state index is 12.6. The Hall–Kier alpha value is -0.220. The van der Waals surface area contributed by atoms with E-state index in [9.17, 15) is 4.79 Å². The number of amides is 1. The van der Waals surface area contributed by atoms with Gasteiger partial charge in [-0.15, -0.1) is 0 Å². The summed E-state index contributed by atoms with van der Waals surface area (Å²) in [6.07, 6.45) is 7.51. The first-order valence-corrected chi connectivity index (χ1v) is 7.94. The topological polar surface area (TPSA) is 46.3 Å². The van der Waals surface area contributed by atoms with Crippen LogP contribution in [0.15, 0.2) is 0 Å². The highest BCUT2D eigenvalue weighted by molar-refractivity contribution is 7.99. The number of thioether (sulfide) groups is 1. The van der Waals surface area contributed by atoms with Crippen molar-refractivity contribution < 1.29 is 4.79 Å². The molecule has 1 aliphatic heterocycles. The van der Waals surface area contributed by atoms with Crippen LogP contribution >= 0.6 is 11.8 Å². The lowest BCUT2D eigenvalue weighted by Gasteiger charge is -2.38. The van der Waals surface area contributed by atoms with Gasteiger partial charge in [-0.1, -0.05) is 6.42 Å². The Morgan fingerprint density at radius 2 is 2.00 bits per heavy atom. The van der Waals surface area contributed by atoms with E-state index in [4.69, 9.17) is 5.73 Å². The number of rotatable bonds is 2. The molecule has 0 bridgehead atoms. The summed E-state index contributed by atoms with van der Waals surface area (Å²) in [7, 11) is 0. The maximum Gasteiger partial charge on any atom is 0.230 e. The predicted octanol–water partition coefficient (Wildman–Crippen LogP) is 1.86. The molecule has 3 nitrogen and oxygen atoms in total. The first-order valence-electron chi connectivity index (χ1n) is 6.65. The second kappa shape index (κ2) is 5.19. The largest absolute Gasteiger partial charge is 0.342 e. The van der Waals surface area contributed by atoms with Gasteiger partial charge in [0.1, 0.15) is 0 Å². The molecular formula is C13H24N2OS. The van der Waals surface area contributed by atoms with Crippen LogP contribution in [-0.2, 0) is 4.79 Å². The van der Waals surface area contributed by atoms with E-state index < -0.39 is 0 Å². The average Bonchev–Trinajstić information content (AvgIpc) is 2.70. The molecule has 0 aromatic carbocycles. The summed E-state index contributed by atoms with van der Waals surface area (Å²) >= 11 is 1.93. The highest BCUT2D eigenvalue weighted by atomic mass is 32.2. The highest BCUT2D eigenvalue weighted by Gasteiger charge is 2.45. The summed E-state index contributed by atoms with van der Waals surface area (Å²) in [6.45, 7) is 3.91. The third kappa shape index (κ3) is 2.48. The van der Waals surface area contributed by atoms with Crippen molar-refractivity contribution in [3.8, 4) is 0 Å². The Morgan fingerprint density at radius 3 is 2.47 bits per heavy atom. The molecule has 1 saturated heterocycles. The zero-order valence-electron chi connectivity index (χ0n) is 10.9. The smallest absolute Gasteiger partial charge is 0.230 e. The van der Waals surface area contributed by atoms with Gasteiger partial charge in [0.25, 0.3) is 0 Å². The molecule has 98 valence electrons. The molecule has 2 atom stereocenters. The lowest BCUT2D eigenvalue weighted by atomic mass is 9.83. The SMILES string of the molecule is CSC1CCN(C(=O)C2(C)CCCC2N)CC1. The van der Waals surface area contributed by atoms with Crippen molar-refractivity contribution >= 4 is 17.7 Å². The fraction of sp³-hybridized carbons (Fsp3) is 0.923. The highest BCUT2D eigenvalue weighted by Crippen LogP contribution is 2.39. The van der Waals surface area contributed by atoms with Gasteiger partial charge < -0.3 is 10.6 Å². The zero-order chi connectivity index (χ0) is 12.5. The molecular weight excluding hydrogens is 232 g/mol. The van der Waals surface area contributed by atoms with Gasteiger partial charge in [0, 0.05) is 24.4 Å².